The fourth-order valence-corrected chi connectivity index (χ4v) is 4.87. The minimum atomic E-state index is -0.634. The highest BCUT2D eigenvalue weighted by atomic mass is 35.5. The Hall–Kier alpha value is -3.63. The summed E-state index contributed by atoms with van der Waals surface area (Å²) in [4.78, 5) is 43.6. The number of rotatable bonds is 8. The summed E-state index contributed by atoms with van der Waals surface area (Å²) in [6, 6.07) is 12.0. The van der Waals surface area contributed by atoms with Gasteiger partial charge in [0.2, 0.25) is 0 Å². The maximum atomic E-state index is 13.4. The second-order valence-corrected chi connectivity index (χ2v) is 9.67. The van der Waals surface area contributed by atoms with Crippen LogP contribution in [0.1, 0.15) is 24.2 Å². The number of pyridine rings is 1. The second kappa shape index (κ2) is 12.3. The highest BCUT2D eigenvalue weighted by Crippen LogP contribution is 2.36. The molecule has 1 aliphatic heterocycles. The van der Waals surface area contributed by atoms with Gasteiger partial charge in [-0.15, -0.1) is 0 Å². The van der Waals surface area contributed by atoms with Gasteiger partial charge in [0.1, 0.15) is 11.4 Å². The lowest BCUT2D eigenvalue weighted by Crippen LogP contribution is -2.49. The molecule has 3 aromatic rings. The van der Waals surface area contributed by atoms with Gasteiger partial charge in [0, 0.05) is 48.7 Å². The number of hydrogen-bond donors (Lipinski definition) is 0. The normalized spacial score (nSPS) is 13.5. The summed E-state index contributed by atoms with van der Waals surface area (Å²) in [5.41, 5.74) is 0.302. The van der Waals surface area contributed by atoms with Crippen LogP contribution in [0, 0.1) is 10.1 Å². The number of fused-ring (bicyclic) bond motifs is 1. The van der Waals surface area contributed by atoms with Crippen molar-refractivity contribution in [3.8, 4) is 5.75 Å². The van der Waals surface area contributed by atoms with Crippen LogP contribution in [0.25, 0.3) is 10.9 Å². The molecule has 11 heteroatoms. The molecular weight excluding hydrogens is 510 g/mol. The largest absolute Gasteiger partial charge is 0.497 e. The number of nitrogens with zero attached hydrogens (tertiary/aromatic N) is 5. The van der Waals surface area contributed by atoms with Crippen molar-refractivity contribution in [2.45, 2.75) is 20.4 Å². The maximum absolute atomic E-state index is 13.4. The van der Waals surface area contributed by atoms with E-state index in [1.807, 2.05) is 23.9 Å². The van der Waals surface area contributed by atoms with Gasteiger partial charge in [-0.1, -0.05) is 19.0 Å². The average Bonchev–Trinajstić information content (AvgIpc) is 2.89. The first kappa shape index (κ1) is 28.9. The molecule has 10 nitrogen and oxygen atoms in total. The molecule has 0 aliphatic carbocycles. The van der Waals surface area contributed by atoms with Crippen LogP contribution in [0.5, 0.6) is 5.75 Å². The Labute approximate surface area is 227 Å². The van der Waals surface area contributed by atoms with Crippen molar-refractivity contribution in [2.75, 3.05) is 58.8 Å². The van der Waals surface area contributed by atoms with Crippen LogP contribution >= 0.6 is 11.6 Å². The molecule has 38 heavy (non-hydrogen) atoms. The monoisotopic (exact) mass is 543 g/mol. The smallest absolute Gasteiger partial charge is 0.357 e. The Morgan fingerprint density at radius 1 is 1.11 bits per heavy atom. The summed E-state index contributed by atoms with van der Waals surface area (Å²) in [6.07, 6.45) is 0.660. The first-order chi connectivity index (χ1) is 17.7. The van der Waals surface area contributed by atoms with Crippen LogP contribution in [-0.4, -0.2) is 79.1 Å². The molecule has 4 rings (SSSR count). The van der Waals surface area contributed by atoms with Gasteiger partial charge < -0.3 is 24.0 Å². The summed E-state index contributed by atoms with van der Waals surface area (Å²) in [7, 11) is 5.44. The molecule has 0 atom stereocenters. The molecule has 1 saturated heterocycles. The lowest BCUT2D eigenvalue weighted by molar-refractivity contribution is -0.385. The van der Waals surface area contributed by atoms with Gasteiger partial charge in [-0.25, -0.2) is 0 Å². The molecule has 204 valence electrons. The van der Waals surface area contributed by atoms with Crippen LogP contribution in [-0.2, 0) is 6.54 Å². The second-order valence-electron chi connectivity index (χ2n) is 9.24. The summed E-state index contributed by atoms with van der Waals surface area (Å²) in [5.74, 6) is 0.539. The van der Waals surface area contributed by atoms with Crippen molar-refractivity contribution in [2.24, 2.45) is 0 Å². The minimum Gasteiger partial charge on any atom is -0.497 e. The van der Waals surface area contributed by atoms with E-state index in [9.17, 15) is 19.7 Å². The predicted molar refractivity (Wildman–Crippen MR) is 151 cm³/mol. The number of nitro groups is 1. The Morgan fingerprint density at radius 3 is 2.34 bits per heavy atom. The van der Waals surface area contributed by atoms with Crippen molar-refractivity contribution in [3.05, 3.63) is 73.5 Å². The van der Waals surface area contributed by atoms with Crippen LogP contribution in [0.2, 0.25) is 5.02 Å². The molecule has 0 unspecified atom stereocenters. The molecule has 1 fully saturated rings. The number of carbonyl (C=O) groups is 1. The lowest BCUT2D eigenvalue weighted by Gasteiger charge is -2.36. The highest BCUT2D eigenvalue weighted by Gasteiger charge is 2.32. The zero-order valence-electron chi connectivity index (χ0n) is 21.1. The van der Waals surface area contributed by atoms with Gasteiger partial charge in [-0.05, 0) is 69.5 Å². The number of amides is 1. The van der Waals surface area contributed by atoms with Gasteiger partial charge in [0.05, 0.1) is 17.5 Å². The zero-order chi connectivity index (χ0) is 26.7. The third-order valence-electron chi connectivity index (χ3n) is 6.57. The first-order valence-electron chi connectivity index (χ1n) is 12.0. The van der Waals surface area contributed by atoms with Gasteiger partial charge in [-0.3, -0.25) is 19.7 Å². The molecule has 1 aromatic heterocycles. The molecule has 0 radical (unpaired) electrons. The van der Waals surface area contributed by atoms with E-state index in [0.29, 0.717) is 66.4 Å². The van der Waals surface area contributed by atoms with E-state index in [2.05, 4.69) is 0 Å². The molecule has 1 aliphatic rings. The van der Waals surface area contributed by atoms with E-state index in [0.717, 1.165) is 6.54 Å². The molecule has 1 amide bonds. The fraction of sp³-hybridized carbons (Fsp3) is 0.407. The van der Waals surface area contributed by atoms with Crippen molar-refractivity contribution in [3.63, 3.8) is 0 Å². The van der Waals surface area contributed by atoms with E-state index < -0.39 is 16.2 Å². The van der Waals surface area contributed by atoms with Crippen molar-refractivity contribution in [1.82, 2.24) is 14.4 Å². The number of aryl methyl sites for hydroxylation is 1. The molecule has 2 aromatic carbocycles. The quantitative estimate of drug-likeness (QED) is 0.311. The van der Waals surface area contributed by atoms with E-state index in [4.69, 9.17) is 16.3 Å². The number of methoxy groups -OCH3 is 1. The van der Waals surface area contributed by atoms with Crippen molar-refractivity contribution in [1.29, 1.82) is 0 Å². The summed E-state index contributed by atoms with van der Waals surface area (Å²) < 4.78 is 6.63. The number of benzene rings is 2. The molecule has 0 N–H and O–H groups in total. The number of hydrogen-bond acceptors (Lipinski definition) is 7. The molecule has 2 heterocycles. The maximum Gasteiger partial charge on any atom is 0.357 e. The summed E-state index contributed by atoms with van der Waals surface area (Å²) in [6.45, 7) is 2.48. The lowest BCUT2D eigenvalue weighted by atomic mass is 10.1. The molecule has 0 spiro atoms. The van der Waals surface area contributed by atoms with E-state index in [-0.39, 0.29) is 19.0 Å². The van der Waals surface area contributed by atoms with Crippen LogP contribution < -0.4 is 15.2 Å². The minimum absolute atomic E-state index is 0. The standard InChI is InChI=1S/C26H30ClN5O5.CH4/c1-28(2)11-4-12-31-22-10-7-19(27)17-21(22)23(24(26(31)34)32(35)36)29-13-15-30(16-14-29)25(33)18-5-8-20(37-3)9-6-18;/h5-10,17H,4,11-16H2,1-3H3;1H4. The van der Waals surface area contributed by atoms with Crippen LogP contribution in [0.4, 0.5) is 11.4 Å². The molecular formula is C27H34ClN5O5. The first-order valence-corrected chi connectivity index (χ1v) is 12.4. The van der Waals surface area contributed by atoms with Gasteiger partial charge >= 0.3 is 11.2 Å². The Balaban J connectivity index is 0.00000400. The fourth-order valence-electron chi connectivity index (χ4n) is 4.70. The number of carbonyl (C=O) groups excluding carboxylic acids is 1. The van der Waals surface area contributed by atoms with E-state index in [1.54, 1.807) is 54.5 Å². The SMILES string of the molecule is C.COc1ccc(C(=O)N2CCN(c3c([N+](=O)[O-])c(=O)n(CCCN(C)C)c4ccc(Cl)cc34)CC2)cc1. The zero-order valence-corrected chi connectivity index (χ0v) is 21.9. The van der Waals surface area contributed by atoms with Crippen molar-refractivity contribution < 1.29 is 14.5 Å². The average molecular weight is 544 g/mol. The third kappa shape index (κ3) is 5.92. The van der Waals surface area contributed by atoms with E-state index >= 15 is 0 Å². The summed E-state index contributed by atoms with van der Waals surface area (Å²) >= 11 is 6.31. The predicted octanol–water partition coefficient (Wildman–Crippen LogP) is 4.12. The Morgan fingerprint density at radius 2 is 1.76 bits per heavy atom. The highest BCUT2D eigenvalue weighted by molar-refractivity contribution is 6.31. The third-order valence-corrected chi connectivity index (χ3v) is 6.80. The molecule has 0 bridgehead atoms. The van der Waals surface area contributed by atoms with Crippen molar-refractivity contribution >= 4 is 39.8 Å². The number of anilines is 1. The van der Waals surface area contributed by atoms with Gasteiger partial charge in [-0.2, -0.15) is 0 Å². The topological polar surface area (TPSA) is 101 Å². The number of piperazine rings is 1. The number of aromatic nitrogens is 1. The Bertz CT molecular complexity index is 1370. The Kier molecular flexibility index (Phi) is 9.35. The van der Waals surface area contributed by atoms with Crippen LogP contribution in [0.15, 0.2) is 47.3 Å². The van der Waals surface area contributed by atoms with E-state index in [1.165, 1.54) is 4.57 Å². The summed E-state index contributed by atoms with van der Waals surface area (Å²) in [5, 5.41) is 13.2. The number of ether oxygens (including phenoxy) is 1. The number of halogens is 1. The van der Waals surface area contributed by atoms with Gasteiger partial charge in [0.15, 0.2) is 0 Å². The van der Waals surface area contributed by atoms with Crippen LogP contribution in [0.3, 0.4) is 0 Å². The van der Waals surface area contributed by atoms with Gasteiger partial charge in [0.25, 0.3) is 5.91 Å². The molecule has 0 saturated carbocycles.